The number of ether oxygens (including phenoxy) is 1. The van der Waals surface area contributed by atoms with Crippen LogP contribution in [0.15, 0.2) is 24.3 Å². The Balaban J connectivity index is 3.07. The van der Waals surface area contributed by atoms with E-state index < -0.39 is 18.8 Å². The first kappa shape index (κ1) is 17.8. The first-order valence-electron chi connectivity index (χ1n) is 7.02. The van der Waals surface area contributed by atoms with Crippen LogP contribution in [0, 0.1) is 0 Å². The molecule has 0 saturated heterocycles. The van der Waals surface area contributed by atoms with Crippen LogP contribution in [-0.2, 0) is 0 Å². The van der Waals surface area contributed by atoms with Gasteiger partial charge in [-0.2, -0.15) is 13.2 Å². The van der Waals surface area contributed by atoms with Crippen LogP contribution in [0.25, 0.3) is 0 Å². The number of hydrogen-bond acceptors (Lipinski definition) is 3. The van der Waals surface area contributed by atoms with Crippen LogP contribution in [-0.4, -0.2) is 37.3 Å². The van der Waals surface area contributed by atoms with Crippen molar-refractivity contribution in [3.63, 3.8) is 0 Å². The number of nitrogens with zero attached hydrogens (tertiary/aromatic N) is 1. The summed E-state index contributed by atoms with van der Waals surface area (Å²) >= 11 is 0. The number of likely N-dealkylation sites (N-methyl/N-ethyl adjacent to an activating group) is 1. The molecule has 1 aromatic carbocycles. The fourth-order valence-electron chi connectivity index (χ4n) is 2.39. The molecule has 0 aromatic heterocycles. The predicted octanol–water partition coefficient (Wildman–Crippen LogP) is 3.36. The maximum Gasteiger partial charge on any atom is 0.401 e. The average molecular weight is 304 g/mol. The fraction of sp³-hybridized carbons (Fsp3) is 0.600. The molecule has 0 amide bonds. The number of benzene rings is 1. The second-order valence-electron chi connectivity index (χ2n) is 4.97. The second-order valence-corrected chi connectivity index (χ2v) is 4.97. The van der Waals surface area contributed by atoms with E-state index in [0.29, 0.717) is 12.2 Å². The van der Waals surface area contributed by atoms with Crippen LogP contribution in [0.5, 0.6) is 5.75 Å². The molecule has 21 heavy (non-hydrogen) atoms. The quantitative estimate of drug-likeness (QED) is 0.839. The molecular weight excluding hydrogens is 281 g/mol. The topological polar surface area (TPSA) is 38.5 Å². The highest BCUT2D eigenvalue weighted by Gasteiger charge is 2.35. The maximum absolute atomic E-state index is 12.8. The molecule has 3 nitrogen and oxygen atoms in total. The van der Waals surface area contributed by atoms with Gasteiger partial charge in [0.25, 0.3) is 0 Å². The number of alkyl halides is 3. The van der Waals surface area contributed by atoms with Crippen molar-refractivity contribution in [2.75, 3.05) is 20.2 Å². The van der Waals surface area contributed by atoms with Crippen molar-refractivity contribution in [1.82, 2.24) is 4.90 Å². The molecule has 0 spiro atoms. The SMILES string of the molecule is CCC(N)C(c1ccc(OC)cc1)N(CC)CC(F)(F)F. The molecule has 0 saturated carbocycles. The third-order valence-electron chi connectivity index (χ3n) is 3.52. The molecule has 6 heteroatoms. The van der Waals surface area contributed by atoms with Crippen molar-refractivity contribution >= 4 is 0 Å². The lowest BCUT2D eigenvalue weighted by molar-refractivity contribution is -0.151. The zero-order chi connectivity index (χ0) is 16.0. The highest BCUT2D eigenvalue weighted by molar-refractivity contribution is 5.30. The van der Waals surface area contributed by atoms with Crippen LogP contribution in [0.1, 0.15) is 31.9 Å². The van der Waals surface area contributed by atoms with Gasteiger partial charge in [0, 0.05) is 6.04 Å². The maximum atomic E-state index is 12.8. The second kappa shape index (κ2) is 7.66. The third kappa shape index (κ3) is 5.21. The largest absolute Gasteiger partial charge is 0.497 e. The van der Waals surface area contributed by atoms with Crippen molar-refractivity contribution in [2.45, 2.75) is 38.5 Å². The Morgan fingerprint density at radius 1 is 1.19 bits per heavy atom. The van der Waals surface area contributed by atoms with Gasteiger partial charge in [-0.15, -0.1) is 0 Å². The Hall–Kier alpha value is -1.27. The molecule has 2 N–H and O–H groups in total. The summed E-state index contributed by atoms with van der Waals surface area (Å²) < 4.78 is 43.3. The first-order valence-corrected chi connectivity index (χ1v) is 7.02. The van der Waals surface area contributed by atoms with Crippen molar-refractivity contribution < 1.29 is 17.9 Å². The van der Waals surface area contributed by atoms with Crippen molar-refractivity contribution in [3.8, 4) is 5.75 Å². The van der Waals surface area contributed by atoms with Crippen LogP contribution in [0.4, 0.5) is 13.2 Å². The molecule has 1 rings (SSSR count). The van der Waals surface area contributed by atoms with Gasteiger partial charge < -0.3 is 10.5 Å². The lowest BCUT2D eigenvalue weighted by Crippen LogP contribution is -2.44. The minimum atomic E-state index is -4.24. The monoisotopic (exact) mass is 304 g/mol. The van der Waals surface area contributed by atoms with E-state index in [4.69, 9.17) is 10.5 Å². The summed E-state index contributed by atoms with van der Waals surface area (Å²) in [5.74, 6) is 0.668. The van der Waals surface area contributed by atoms with Gasteiger partial charge in [-0.3, -0.25) is 4.90 Å². The number of rotatable bonds is 7. The highest BCUT2D eigenvalue weighted by atomic mass is 19.4. The van der Waals surface area contributed by atoms with E-state index in [1.807, 2.05) is 6.92 Å². The molecular formula is C15H23F3N2O. The van der Waals surface area contributed by atoms with Gasteiger partial charge in [0.1, 0.15) is 5.75 Å². The van der Waals surface area contributed by atoms with Gasteiger partial charge in [-0.05, 0) is 30.7 Å². The fourth-order valence-corrected chi connectivity index (χ4v) is 2.39. The van der Waals surface area contributed by atoms with Crippen molar-refractivity contribution in [3.05, 3.63) is 29.8 Å². The molecule has 0 fully saturated rings. The lowest BCUT2D eigenvalue weighted by Gasteiger charge is -2.35. The molecule has 0 bridgehead atoms. The summed E-state index contributed by atoms with van der Waals surface area (Å²) in [6.07, 6.45) is -3.64. The van der Waals surface area contributed by atoms with E-state index in [0.717, 1.165) is 5.56 Å². The summed E-state index contributed by atoms with van der Waals surface area (Å²) in [4.78, 5) is 1.37. The summed E-state index contributed by atoms with van der Waals surface area (Å²) in [5.41, 5.74) is 6.85. The summed E-state index contributed by atoms with van der Waals surface area (Å²) in [6.45, 7) is 2.91. The molecule has 2 atom stereocenters. The minimum Gasteiger partial charge on any atom is -0.497 e. The Labute approximate surface area is 123 Å². The van der Waals surface area contributed by atoms with Crippen molar-refractivity contribution in [1.29, 1.82) is 0 Å². The highest BCUT2D eigenvalue weighted by Crippen LogP contribution is 2.29. The van der Waals surface area contributed by atoms with Crippen LogP contribution >= 0.6 is 0 Å². The Kier molecular flexibility index (Phi) is 6.48. The van der Waals surface area contributed by atoms with Crippen LogP contribution < -0.4 is 10.5 Å². The molecule has 2 unspecified atom stereocenters. The van der Waals surface area contributed by atoms with E-state index in [1.54, 1.807) is 38.3 Å². The molecule has 0 aliphatic heterocycles. The summed E-state index contributed by atoms with van der Waals surface area (Å²) in [5, 5.41) is 0. The zero-order valence-corrected chi connectivity index (χ0v) is 12.7. The predicted molar refractivity (Wildman–Crippen MR) is 77.3 cm³/mol. The Morgan fingerprint density at radius 2 is 1.76 bits per heavy atom. The van der Waals surface area contributed by atoms with Crippen LogP contribution in [0.3, 0.4) is 0 Å². The Morgan fingerprint density at radius 3 is 2.14 bits per heavy atom. The minimum absolute atomic E-state index is 0.282. The van der Waals surface area contributed by atoms with E-state index in [9.17, 15) is 13.2 Å². The van der Waals surface area contributed by atoms with E-state index >= 15 is 0 Å². The van der Waals surface area contributed by atoms with Gasteiger partial charge in [0.05, 0.1) is 19.7 Å². The van der Waals surface area contributed by atoms with Gasteiger partial charge in [0.15, 0.2) is 0 Å². The van der Waals surface area contributed by atoms with E-state index in [1.165, 1.54) is 4.90 Å². The summed E-state index contributed by atoms with van der Waals surface area (Å²) in [6, 6.07) is 6.21. The lowest BCUT2D eigenvalue weighted by atomic mass is 9.96. The number of halogens is 3. The van der Waals surface area contributed by atoms with Gasteiger partial charge in [0.2, 0.25) is 0 Å². The molecule has 120 valence electrons. The number of nitrogens with two attached hydrogens (primary N) is 1. The Bertz CT molecular complexity index is 420. The third-order valence-corrected chi connectivity index (χ3v) is 3.52. The van der Waals surface area contributed by atoms with Gasteiger partial charge in [-0.25, -0.2) is 0 Å². The molecule has 1 aromatic rings. The smallest absolute Gasteiger partial charge is 0.401 e. The molecule has 0 radical (unpaired) electrons. The average Bonchev–Trinajstić information content (AvgIpc) is 2.45. The van der Waals surface area contributed by atoms with Gasteiger partial charge in [-0.1, -0.05) is 26.0 Å². The molecule has 0 heterocycles. The van der Waals surface area contributed by atoms with E-state index in [2.05, 4.69) is 0 Å². The summed E-state index contributed by atoms with van der Waals surface area (Å²) in [7, 11) is 1.55. The molecule has 0 aliphatic carbocycles. The van der Waals surface area contributed by atoms with Gasteiger partial charge >= 0.3 is 6.18 Å². The normalized spacial score (nSPS) is 15.0. The zero-order valence-electron chi connectivity index (χ0n) is 12.7. The molecule has 0 aliphatic rings. The van der Waals surface area contributed by atoms with Crippen molar-refractivity contribution in [2.24, 2.45) is 5.73 Å². The number of hydrogen-bond donors (Lipinski definition) is 1. The van der Waals surface area contributed by atoms with Crippen LogP contribution in [0.2, 0.25) is 0 Å². The standard InChI is InChI=1S/C15H23F3N2O/c1-4-13(19)14(20(5-2)10-15(16,17)18)11-6-8-12(21-3)9-7-11/h6-9,13-14H,4-5,10,19H2,1-3H3. The number of methoxy groups -OCH3 is 1. The van der Waals surface area contributed by atoms with E-state index in [-0.39, 0.29) is 12.6 Å². The first-order chi connectivity index (χ1) is 9.82.